The van der Waals surface area contributed by atoms with Crippen LogP contribution in [0.15, 0.2) is 59.5 Å². The van der Waals surface area contributed by atoms with Crippen molar-refractivity contribution < 1.29 is 18.4 Å². The summed E-state index contributed by atoms with van der Waals surface area (Å²) in [6, 6.07) is 16.4. The van der Waals surface area contributed by atoms with E-state index in [9.17, 15) is 13.2 Å². The number of nitrogens with one attached hydrogen (secondary N) is 2. The highest BCUT2D eigenvalue weighted by Gasteiger charge is 2.14. The average Bonchev–Trinajstić information content (AvgIpc) is 2.64. The molecule has 0 aliphatic rings. The summed E-state index contributed by atoms with van der Waals surface area (Å²) in [4.78, 5) is 11.2. The van der Waals surface area contributed by atoms with Crippen molar-refractivity contribution in [3.63, 3.8) is 0 Å². The molecule has 0 saturated carbocycles. The van der Waals surface area contributed by atoms with Crippen LogP contribution in [0.4, 0.5) is 0 Å². The lowest BCUT2D eigenvalue weighted by Gasteiger charge is -2.08. The molecule has 0 atom stereocenters. The summed E-state index contributed by atoms with van der Waals surface area (Å²) >= 11 is 0. The van der Waals surface area contributed by atoms with Gasteiger partial charge in [0.25, 0.3) is 0 Å². The third-order valence-corrected chi connectivity index (χ3v) is 5.21. The summed E-state index contributed by atoms with van der Waals surface area (Å²) < 4.78 is 27.3. The Labute approximate surface area is 147 Å². The molecule has 0 spiro atoms. The van der Waals surface area contributed by atoms with E-state index in [2.05, 4.69) is 4.72 Å². The van der Waals surface area contributed by atoms with Gasteiger partial charge in [0.15, 0.2) is 0 Å². The average molecular weight is 362 g/mol. The summed E-state index contributed by atoms with van der Waals surface area (Å²) in [6.45, 7) is 0.356. The molecule has 0 heterocycles. The van der Waals surface area contributed by atoms with Crippen LogP contribution in [0.3, 0.4) is 0 Å². The predicted octanol–water partition coefficient (Wildman–Crippen LogP) is 2.04. The molecule has 0 aliphatic carbocycles. The molecule has 134 valence electrons. The predicted molar refractivity (Wildman–Crippen MR) is 94.6 cm³/mol. The number of hydrogen-bond acceptors (Lipinski definition) is 4. The highest BCUT2D eigenvalue weighted by Crippen LogP contribution is 2.13. The molecule has 0 aromatic heterocycles. The molecule has 2 aromatic carbocycles. The molecule has 7 heteroatoms. The van der Waals surface area contributed by atoms with Gasteiger partial charge in [-0.1, -0.05) is 42.5 Å². The molecule has 0 unspecified atom stereocenters. The Kier molecular flexibility index (Phi) is 7.12. The van der Waals surface area contributed by atoms with Crippen molar-refractivity contribution in [3.8, 4) is 0 Å². The third-order valence-electron chi connectivity index (χ3n) is 3.75. The fourth-order valence-electron chi connectivity index (χ4n) is 2.41. The minimum absolute atomic E-state index is 0.0878. The normalized spacial score (nSPS) is 11.2. The van der Waals surface area contributed by atoms with Gasteiger partial charge in [0.1, 0.15) is 0 Å². The highest BCUT2D eigenvalue weighted by molar-refractivity contribution is 7.89. The summed E-state index contributed by atoms with van der Waals surface area (Å²) in [5.41, 5.74) is 3.45. The van der Waals surface area contributed by atoms with Crippen LogP contribution >= 0.6 is 0 Å². The molecule has 25 heavy (non-hydrogen) atoms. The van der Waals surface area contributed by atoms with Crippen molar-refractivity contribution in [1.29, 1.82) is 0 Å². The molecule has 6 nitrogen and oxygen atoms in total. The molecule has 1 amide bonds. The van der Waals surface area contributed by atoms with Gasteiger partial charge in [0.2, 0.25) is 15.9 Å². The molecule has 2 rings (SSSR count). The van der Waals surface area contributed by atoms with Crippen molar-refractivity contribution in [3.05, 3.63) is 65.7 Å². The zero-order valence-corrected chi connectivity index (χ0v) is 14.6. The maximum absolute atomic E-state index is 12.4. The number of aryl methyl sites for hydroxylation is 2. The first kappa shape index (κ1) is 19.1. The van der Waals surface area contributed by atoms with Crippen LogP contribution in [0.5, 0.6) is 0 Å². The van der Waals surface area contributed by atoms with Gasteiger partial charge >= 0.3 is 0 Å². The summed E-state index contributed by atoms with van der Waals surface area (Å²) in [6.07, 6.45) is 1.95. The number of sulfonamides is 1. The lowest BCUT2D eigenvalue weighted by Crippen LogP contribution is -2.25. The largest absolute Gasteiger partial charge is 0.289 e. The smallest absolute Gasteiger partial charge is 0.243 e. The Morgan fingerprint density at radius 1 is 0.960 bits per heavy atom. The Hall–Kier alpha value is -2.22. The van der Waals surface area contributed by atoms with Gasteiger partial charge in [-0.2, -0.15) is 0 Å². The van der Waals surface area contributed by atoms with E-state index < -0.39 is 15.9 Å². The second-order valence-corrected chi connectivity index (χ2v) is 7.44. The standard InChI is InChI=1S/C18H22N2O4S/c21-18(20-22)12-11-16-8-4-10-17(14-16)25(23,24)19-13-5-9-15-6-2-1-3-7-15/h1-4,6-8,10,14,19,22H,5,9,11-13H2,(H,20,21). The number of amides is 1. The number of rotatable bonds is 9. The van der Waals surface area contributed by atoms with E-state index in [4.69, 9.17) is 5.21 Å². The van der Waals surface area contributed by atoms with Crippen molar-refractivity contribution in [2.75, 3.05) is 6.54 Å². The number of carbonyl (C=O) groups is 1. The van der Waals surface area contributed by atoms with Crippen molar-refractivity contribution >= 4 is 15.9 Å². The Balaban J connectivity index is 1.89. The molecular formula is C18H22N2O4S. The Morgan fingerprint density at radius 3 is 2.40 bits per heavy atom. The number of carbonyl (C=O) groups excluding carboxylic acids is 1. The van der Waals surface area contributed by atoms with E-state index in [0.29, 0.717) is 19.4 Å². The van der Waals surface area contributed by atoms with E-state index in [1.807, 2.05) is 30.3 Å². The lowest BCUT2D eigenvalue weighted by molar-refractivity contribution is -0.129. The summed E-state index contributed by atoms with van der Waals surface area (Å²) in [7, 11) is -3.58. The fourth-order valence-corrected chi connectivity index (χ4v) is 3.55. The van der Waals surface area contributed by atoms with Gasteiger partial charge < -0.3 is 0 Å². The van der Waals surface area contributed by atoms with Crippen LogP contribution in [-0.2, 0) is 27.7 Å². The van der Waals surface area contributed by atoms with Crippen molar-refractivity contribution in [2.45, 2.75) is 30.6 Å². The van der Waals surface area contributed by atoms with Gasteiger partial charge in [-0.15, -0.1) is 0 Å². The Morgan fingerprint density at radius 2 is 1.68 bits per heavy atom. The summed E-state index contributed by atoms with van der Waals surface area (Å²) in [5, 5.41) is 8.49. The maximum atomic E-state index is 12.4. The third kappa shape index (κ3) is 6.30. The first-order valence-electron chi connectivity index (χ1n) is 8.07. The zero-order valence-electron chi connectivity index (χ0n) is 13.8. The van der Waals surface area contributed by atoms with E-state index in [1.54, 1.807) is 23.7 Å². The molecular weight excluding hydrogens is 340 g/mol. The van der Waals surface area contributed by atoms with Crippen LogP contribution < -0.4 is 10.2 Å². The van der Waals surface area contributed by atoms with Gasteiger partial charge in [-0.05, 0) is 42.5 Å². The van der Waals surface area contributed by atoms with Crippen LogP contribution in [0.25, 0.3) is 0 Å². The number of hydrogen-bond donors (Lipinski definition) is 3. The van der Waals surface area contributed by atoms with Crippen LogP contribution in [0.1, 0.15) is 24.0 Å². The monoisotopic (exact) mass is 362 g/mol. The first-order valence-corrected chi connectivity index (χ1v) is 9.55. The second-order valence-electron chi connectivity index (χ2n) is 5.67. The Bertz CT molecular complexity index is 792. The van der Waals surface area contributed by atoms with E-state index in [1.165, 1.54) is 11.6 Å². The molecule has 3 N–H and O–H groups in total. The van der Waals surface area contributed by atoms with Gasteiger partial charge in [-0.25, -0.2) is 18.6 Å². The lowest BCUT2D eigenvalue weighted by atomic mass is 10.1. The molecule has 0 saturated heterocycles. The summed E-state index contributed by atoms with van der Waals surface area (Å²) in [5.74, 6) is -0.507. The quantitative estimate of drug-likeness (QED) is 0.361. The van der Waals surface area contributed by atoms with Gasteiger partial charge in [-0.3, -0.25) is 10.0 Å². The zero-order chi connectivity index (χ0) is 18.1. The number of hydroxylamine groups is 1. The first-order chi connectivity index (χ1) is 12.0. The molecule has 0 fully saturated rings. The topological polar surface area (TPSA) is 95.5 Å². The van der Waals surface area contributed by atoms with Crippen LogP contribution in [0, 0.1) is 0 Å². The van der Waals surface area contributed by atoms with Crippen molar-refractivity contribution in [1.82, 2.24) is 10.2 Å². The minimum atomic E-state index is -3.58. The van der Waals surface area contributed by atoms with Crippen molar-refractivity contribution in [2.24, 2.45) is 0 Å². The molecule has 0 radical (unpaired) electrons. The maximum Gasteiger partial charge on any atom is 0.243 e. The van der Waals surface area contributed by atoms with Crippen LogP contribution in [0.2, 0.25) is 0 Å². The molecule has 2 aromatic rings. The van der Waals surface area contributed by atoms with Gasteiger partial charge in [0, 0.05) is 13.0 Å². The SMILES string of the molecule is O=C(CCc1cccc(S(=O)(=O)NCCCc2ccccc2)c1)NO. The second kappa shape index (κ2) is 9.31. The van der Waals surface area contributed by atoms with E-state index >= 15 is 0 Å². The highest BCUT2D eigenvalue weighted by atomic mass is 32.2. The van der Waals surface area contributed by atoms with Crippen LogP contribution in [-0.4, -0.2) is 26.1 Å². The van der Waals surface area contributed by atoms with E-state index in [0.717, 1.165) is 12.0 Å². The van der Waals surface area contributed by atoms with Gasteiger partial charge in [0.05, 0.1) is 4.90 Å². The fraction of sp³-hybridized carbons (Fsp3) is 0.278. The van der Waals surface area contributed by atoms with E-state index in [-0.39, 0.29) is 11.3 Å². The molecule has 0 aliphatic heterocycles. The number of benzene rings is 2. The minimum Gasteiger partial charge on any atom is -0.289 e. The molecule has 0 bridgehead atoms.